The van der Waals surface area contributed by atoms with Crippen molar-refractivity contribution in [2.24, 2.45) is 28.6 Å². The fraction of sp³-hybridized carbons (Fsp3) is 0.800. The Morgan fingerprint density at radius 3 is 2.77 bits per heavy atom. The Morgan fingerprint density at radius 1 is 1.23 bits per heavy atom. The van der Waals surface area contributed by atoms with E-state index in [0.717, 1.165) is 12.8 Å². The van der Waals surface area contributed by atoms with Crippen molar-refractivity contribution < 1.29 is 9.52 Å². The molecule has 0 bridgehead atoms. The van der Waals surface area contributed by atoms with Crippen LogP contribution in [0.2, 0.25) is 0 Å². The summed E-state index contributed by atoms with van der Waals surface area (Å²) < 4.78 is 5.82. The molecule has 4 rings (SSSR count). The van der Waals surface area contributed by atoms with Gasteiger partial charge in [0.1, 0.15) is 5.76 Å². The molecule has 122 valence electrons. The standard InChI is InChI=1S/C20H30O2/c1-12-13-6-9-22-17(13)11-15-14(12)10-16(21)18-19(2,3)7-5-8-20(15,18)4/h6,9,12,14-16,18,21H,5,7-8,10-11H2,1-4H3/t12-,14-,15-,16+,18-,20+/m0/s1. The Kier molecular flexibility index (Phi) is 3.11. The lowest BCUT2D eigenvalue weighted by Gasteiger charge is -2.62. The van der Waals surface area contributed by atoms with Gasteiger partial charge in [-0.05, 0) is 65.4 Å². The van der Waals surface area contributed by atoms with Crippen LogP contribution in [0.1, 0.15) is 70.6 Å². The van der Waals surface area contributed by atoms with Gasteiger partial charge in [-0.25, -0.2) is 0 Å². The van der Waals surface area contributed by atoms with Crippen molar-refractivity contribution in [1.29, 1.82) is 0 Å². The Hall–Kier alpha value is -0.760. The van der Waals surface area contributed by atoms with Crippen molar-refractivity contribution in [1.82, 2.24) is 0 Å². The Labute approximate surface area is 134 Å². The molecule has 22 heavy (non-hydrogen) atoms. The Bertz CT molecular complexity index is 572. The molecule has 2 heteroatoms. The van der Waals surface area contributed by atoms with Gasteiger partial charge in [0, 0.05) is 6.42 Å². The second-order valence-corrected chi connectivity index (χ2v) is 9.19. The van der Waals surface area contributed by atoms with Crippen LogP contribution in [0, 0.1) is 28.6 Å². The van der Waals surface area contributed by atoms with E-state index in [9.17, 15) is 5.11 Å². The SMILES string of the molecule is C[C@H]1c2ccoc2C[C@H]2[C@H]1C[C@@H](O)[C@H]1C(C)(C)CCC[C@]21C. The smallest absolute Gasteiger partial charge is 0.107 e. The first-order valence-corrected chi connectivity index (χ1v) is 9.09. The van der Waals surface area contributed by atoms with E-state index in [0.29, 0.717) is 23.7 Å². The average Bonchev–Trinajstić information content (AvgIpc) is 2.88. The number of aliphatic hydroxyl groups is 1. The van der Waals surface area contributed by atoms with Crippen molar-refractivity contribution in [3.8, 4) is 0 Å². The van der Waals surface area contributed by atoms with Crippen LogP contribution in [0.15, 0.2) is 16.7 Å². The third kappa shape index (κ3) is 1.82. The van der Waals surface area contributed by atoms with E-state index in [4.69, 9.17) is 4.42 Å². The highest BCUT2D eigenvalue weighted by molar-refractivity contribution is 5.28. The molecule has 0 unspecified atom stereocenters. The number of hydrogen-bond donors (Lipinski definition) is 1. The van der Waals surface area contributed by atoms with Crippen LogP contribution in [0.3, 0.4) is 0 Å². The van der Waals surface area contributed by atoms with Gasteiger partial charge in [0.15, 0.2) is 0 Å². The lowest BCUT2D eigenvalue weighted by Crippen LogP contribution is -2.59. The van der Waals surface area contributed by atoms with E-state index in [2.05, 4.69) is 33.8 Å². The fourth-order valence-electron chi connectivity index (χ4n) is 6.86. The third-order valence-electron chi connectivity index (χ3n) is 7.67. The van der Waals surface area contributed by atoms with Gasteiger partial charge in [0.05, 0.1) is 12.4 Å². The van der Waals surface area contributed by atoms with E-state index in [-0.39, 0.29) is 16.9 Å². The molecule has 0 saturated heterocycles. The highest BCUT2D eigenvalue weighted by atomic mass is 16.3. The highest BCUT2D eigenvalue weighted by Crippen LogP contribution is 2.64. The third-order valence-corrected chi connectivity index (χ3v) is 7.67. The fourth-order valence-corrected chi connectivity index (χ4v) is 6.86. The summed E-state index contributed by atoms with van der Waals surface area (Å²) in [5.74, 6) is 3.43. The normalized spacial score (nSPS) is 46.5. The molecule has 1 aromatic heterocycles. The first-order valence-electron chi connectivity index (χ1n) is 9.09. The van der Waals surface area contributed by atoms with Crippen molar-refractivity contribution in [3.05, 3.63) is 23.7 Å². The van der Waals surface area contributed by atoms with Crippen LogP contribution in [0.4, 0.5) is 0 Å². The molecule has 2 nitrogen and oxygen atoms in total. The largest absolute Gasteiger partial charge is 0.469 e. The molecule has 6 atom stereocenters. The van der Waals surface area contributed by atoms with E-state index in [1.807, 2.05) is 6.26 Å². The van der Waals surface area contributed by atoms with Crippen LogP contribution in [-0.2, 0) is 6.42 Å². The molecule has 2 fully saturated rings. The molecule has 1 heterocycles. The molecule has 0 spiro atoms. The Balaban J connectivity index is 1.79. The van der Waals surface area contributed by atoms with E-state index in [1.165, 1.54) is 30.6 Å². The molecule has 0 radical (unpaired) electrons. The zero-order chi connectivity index (χ0) is 15.7. The van der Waals surface area contributed by atoms with Gasteiger partial charge in [0.2, 0.25) is 0 Å². The second kappa shape index (κ2) is 4.63. The molecule has 1 N–H and O–H groups in total. The maximum Gasteiger partial charge on any atom is 0.107 e. The summed E-state index contributed by atoms with van der Waals surface area (Å²) in [6, 6.07) is 2.15. The quantitative estimate of drug-likeness (QED) is 0.749. The van der Waals surface area contributed by atoms with E-state index < -0.39 is 0 Å². The van der Waals surface area contributed by atoms with Gasteiger partial charge < -0.3 is 9.52 Å². The zero-order valence-corrected chi connectivity index (χ0v) is 14.4. The molecule has 0 amide bonds. The van der Waals surface area contributed by atoms with Crippen LogP contribution in [-0.4, -0.2) is 11.2 Å². The van der Waals surface area contributed by atoms with E-state index in [1.54, 1.807) is 0 Å². The van der Waals surface area contributed by atoms with Crippen LogP contribution in [0.5, 0.6) is 0 Å². The second-order valence-electron chi connectivity index (χ2n) is 9.19. The minimum Gasteiger partial charge on any atom is -0.469 e. The average molecular weight is 302 g/mol. The first kappa shape index (κ1) is 14.8. The summed E-state index contributed by atoms with van der Waals surface area (Å²) >= 11 is 0. The van der Waals surface area contributed by atoms with Crippen LogP contribution in [0.25, 0.3) is 0 Å². The number of hydrogen-bond acceptors (Lipinski definition) is 2. The predicted molar refractivity (Wildman–Crippen MR) is 87.7 cm³/mol. The molecule has 1 aromatic rings. The number of aliphatic hydroxyl groups excluding tert-OH is 1. The van der Waals surface area contributed by atoms with Crippen molar-refractivity contribution >= 4 is 0 Å². The van der Waals surface area contributed by atoms with Gasteiger partial charge >= 0.3 is 0 Å². The first-order chi connectivity index (χ1) is 10.3. The highest BCUT2D eigenvalue weighted by Gasteiger charge is 2.60. The minimum atomic E-state index is -0.141. The number of fused-ring (bicyclic) bond motifs is 4. The molecule has 3 aliphatic carbocycles. The maximum absolute atomic E-state index is 11.0. The molecule has 2 saturated carbocycles. The molecular weight excluding hydrogens is 272 g/mol. The van der Waals surface area contributed by atoms with Gasteiger partial charge in [-0.1, -0.05) is 34.1 Å². The summed E-state index contributed by atoms with van der Waals surface area (Å²) in [7, 11) is 0. The van der Waals surface area contributed by atoms with Crippen LogP contribution >= 0.6 is 0 Å². The summed E-state index contributed by atoms with van der Waals surface area (Å²) in [6.07, 6.45) is 7.59. The summed E-state index contributed by atoms with van der Waals surface area (Å²) in [6.45, 7) is 9.57. The summed E-state index contributed by atoms with van der Waals surface area (Å²) in [5.41, 5.74) is 1.90. The predicted octanol–water partition coefficient (Wildman–Crippen LogP) is 4.77. The summed E-state index contributed by atoms with van der Waals surface area (Å²) in [4.78, 5) is 0. The molecule has 0 aliphatic heterocycles. The lowest BCUT2D eigenvalue weighted by atomic mass is 9.43. The number of furan rings is 1. The van der Waals surface area contributed by atoms with Gasteiger partial charge in [-0.3, -0.25) is 0 Å². The molecule has 0 aromatic carbocycles. The monoisotopic (exact) mass is 302 g/mol. The van der Waals surface area contributed by atoms with Gasteiger partial charge in [0.25, 0.3) is 0 Å². The lowest BCUT2D eigenvalue weighted by molar-refractivity contribution is -0.166. The van der Waals surface area contributed by atoms with Gasteiger partial charge in [-0.15, -0.1) is 0 Å². The van der Waals surface area contributed by atoms with Crippen molar-refractivity contribution in [2.75, 3.05) is 0 Å². The topological polar surface area (TPSA) is 33.4 Å². The zero-order valence-electron chi connectivity index (χ0n) is 14.4. The molecular formula is C20H30O2. The van der Waals surface area contributed by atoms with E-state index >= 15 is 0 Å². The van der Waals surface area contributed by atoms with Crippen LogP contribution < -0.4 is 0 Å². The van der Waals surface area contributed by atoms with Crippen molar-refractivity contribution in [2.45, 2.75) is 71.8 Å². The van der Waals surface area contributed by atoms with Gasteiger partial charge in [-0.2, -0.15) is 0 Å². The Morgan fingerprint density at radius 2 is 2.00 bits per heavy atom. The molecule has 3 aliphatic rings. The maximum atomic E-state index is 11.0. The van der Waals surface area contributed by atoms with Crippen molar-refractivity contribution in [3.63, 3.8) is 0 Å². The summed E-state index contributed by atoms with van der Waals surface area (Å²) in [5, 5.41) is 11.0. The minimum absolute atomic E-state index is 0.141. The number of rotatable bonds is 0.